The smallest absolute Gasteiger partial charge is 0.252 e. The predicted molar refractivity (Wildman–Crippen MR) is 335 cm³/mol. The van der Waals surface area contributed by atoms with Gasteiger partial charge in [-0.05, 0) is 186 Å². The van der Waals surface area contributed by atoms with Gasteiger partial charge in [-0.15, -0.1) is 0 Å². The van der Waals surface area contributed by atoms with E-state index in [0.717, 1.165) is 29.9 Å². The van der Waals surface area contributed by atoms with Crippen LogP contribution >= 0.6 is 0 Å². The van der Waals surface area contributed by atoms with Gasteiger partial charge in [-0.3, -0.25) is 0 Å². The summed E-state index contributed by atoms with van der Waals surface area (Å²) in [6.07, 6.45) is 3.39. The van der Waals surface area contributed by atoms with Gasteiger partial charge in [0.25, 0.3) is 6.71 Å². The number of anilines is 9. The molecule has 0 aromatic heterocycles. The summed E-state index contributed by atoms with van der Waals surface area (Å²) in [5, 5.41) is 0. The summed E-state index contributed by atoms with van der Waals surface area (Å²) in [7, 11) is 0. The van der Waals surface area contributed by atoms with Crippen molar-refractivity contribution in [2.45, 2.75) is 129 Å². The van der Waals surface area contributed by atoms with E-state index in [0.29, 0.717) is 0 Å². The number of nitrogens with zero attached hydrogens (tertiary/aromatic N) is 3. The summed E-state index contributed by atoms with van der Waals surface area (Å²) in [6.45, 7) is 29.1. The van der Waals surface area contributed by atoms with E-state index in [4.69, 9.17) is 0 Å². The first-order chi connectivity index (χ1) is 37.2. The second kappa shape index (κ2) is 17.7. The fourth-order valence-electron chi connectivity index (χ4n) is 14.5. The molecule has 2 heterocycles. The van der Waals surface area contributed by atoms with Gasteiger partial charge >= 0.3 is 0 Å². The van der Waals surface area contributed by atoms with Gasteiger partial charge in [0.15, 0.2) is 0 Å². The van der Waals surface area contributed by atoms with Gasteiger partial charge in [-0.25, -0.2) is 0 Å². The lowest BCUT2D eigenvalue weighted by molar-refractivity contribution is 0.332. The van der Waals surface area contributed by atoms with Gasteiger partial charge in [0, 0.05) is 45.4 Å². The third-order valence-electron chi connectivity index (χ3n) is 18.5. The standard InChI is InChI=1S/C74H74BN3/c1-48-39-57-59(72(7,8)38-37-71(57,5)6)45-64(48)78-65-40-51(49-25-17-13-18-26-49)33-35-61(65)75-62-44-58-60(74(11,12)47-73(58,9)10)46-66(62)77(63-36-34-52(70(2,3)4)41-56(63)50-27-19-14-20-28-50)67-42-55(43-68(78)69(67)75)76(53-29-21-15-22-30-53)54-31-23-16-24-32-54/h13-36,39-46H,37-38,47H2,1-12H3. The molecule has 0 saturated heterocycles. The normalized spacial score (nSPS) is 16.9. The molecule has 3 nitrogen and oxygen atoms in total. The Kier molecular flexibility index (Phi) is 11.4. The van der Waals surface area contributed by atoms with Crippen molar-refractivity contribution in [2.75, 3.05) is 14.7 Å². The van der Waals surface area contributed by atoms with E-state index in [2.05, 4.69) is 292 Å². The Morgan fingerprint density at radius 1 is 0.397 bits per heavy atom. The number of fused-ring (bicyclic) bond motifs is 6. The van der Waals surface area contributed by atoms with E-state index in [9.17, 15) is 0 Å². The fraction of sp³-hybridized carbons (Fsp3) is 0.270. The molecule has 0 amide bonds. The third-order valence-corrected chi connectivity index (χ3v) is 18.5. The first-order valence-electron chi connectivity index (χ1n) is 28.6. The molecule has 4 heteroatoms. The lowest BCUT2D eigenvalue weighted by Gasteiger charge is -2.47. The molecule has 2 aliphatic heterocycles. The van der Waals surface area contributed by atoms with E-state index >= 15 is 0 Å². The van der Waals surface area contributed by atoms with E-state index in [1.165, 1.54) is 113 Å². The van der Waals surface area contributed by atoms with Crippen LogP contribution in [0.1, 0.15) is 129 Å². The maximum Gasteiger partial charge on any atom is 0.252 e. The van der Waals surface area contributed by atoms with Crippen LogP contribution in [0.2, 0.25) is 0 Å². The number of para-hydroxylation sites is 2. The van der Waals surface area contributed by atoms with E-state index in [1.54, 1.807) is 0 Å². The molecule has 0 N–H and O–H groups in total. The molecule has 0 saturated carbocycles. The van der Waals surface area contributed by atoms with Crippen LogP contribution in [0.3, 0.4) is 0 Å². The van der Waals surface area contributed by atoms with Crippen molar-refractivity contribution in [1.82, 2.24) is 0 Å². The summed E-state index contributed by atoms with van der Waals surface area (Å²) >= 11 is 0. The van der Waals surface area contributed by atoms with Crippen LogP contribution < -0.4 is 31.1 Å². The number of benzene rings is 9. The first-order valence-corrected chi connectivity index (χ1v) is 28.6. The number of rotatable bonds is 7. The molecular weight excluding hydrogens is 942 g/mol. The zero-order chi connectivity index (χ0) is 54.3. The van der Waals surface area contributed by atoms with E-state index in [1.807, 2.05) is 0 Å². The van der Waals surface area contributed by atoms with Crippen LogP contribution in [0, 0.1) is 6.92 Å². The van der Waals surface area contributed by atoms with Crippen molar-refractivity contribution in [2.24, 2.45) is 0 Å². The van der Waals surface area contributed by atoms with Crippen LogP contribution in [0.15, 0.2) is 194 Å². The molecule has 9 aromatic rings. The molecule has 2 aliphatic carbocycles. The minimum Gasteiger partial charge on any atom is -0.311 e. The second-order valence-corrected chi connectivity index (χ2v) is 26.8. The zero-order valence-corrected chi connectivity index (χ0v) is 48.0. The Bertz CT molecular complexity index is 3790. The molecule has 78 heavy (non-hydrogen) atoms. The fourth-order valence-corrected chi connectivity index (χ4v) is 14.5. The lowest BCUT2D eigenvalue weighted by atomic mass is 9.33. The van der Waals surface area contributed by atoms with Gasteiger partial charge in [0.05, 0.1) is 11.4 Å². The summed E-state index contributed by atoms with van der Waals surface area (Å²) in [5.74, 6) is 0. The van der Waals surface area contributed by atoms with Crippen molar-refractivity contribution < 1.29 is 0 Å². The van der Waals surface area contributed by atoms with Crippen molar-refractivity contribution in [3.63, 3.8) is 0 Å². The molecule has 4 aliphatic rings. The van der Waals surface area contributed by atoms with Gasteiger partial charge in [-0.2, -0.15) is 0 Å². The number of hydrogen-bond acceptors (Lipinski definition) is 3. The van der Waals surface area contributed by atoms with Crippen molar-refractivity contribution >= 4 is 74.3 Å². The summed E-state index contributed by atoms with van der Waals surface area (Å²) in [5.41, 5.74) is 28.0. The van der Waals surface area contributed by atoms with Gasteiger partial charge < -0.3 is 14.7 Å². The lowest BCUT2D eigenvalue weighted by Crippen LogP contribution is -2.61. The van der Waals surface area contributed by atoms with Crippen LogP contribution in [-0.4, -0.2) is 6.71 Å². The van der Waals surface area contributed by atoms with Crippen LogP contribution in [0.4, 0.5) is 51.2 Å². The third kappa shape index (κ3) is 7.99. The number of hydrogen-bond donors (Lipinski definition) is 0. The zero-order valence-electron chi connectivity index (χ0n) is 48.0. The molecule has 0 spiro atoms. The average molecular weight is 1020 g/mol. The van der Waals surface area contributed by atoms with Gasteiger partial charge in [0.1, 0.15) is 0 Å². The van der Waals surface area contributed by atoms with Crippen molar-refractivity contribution in [1.29, 1.82) is 0 Å². The molecule has 9 aromatic carbocycles. The molecule has 0 unspecified atom stereocenters. The highest BCUT2D eigenvalue weighted by atomic mass is 15.2. The maximum absolute atomic E-state index is 2.70. The van der Waals surface area contributed by atoms with Crippen molar-refractivity contribution in [3.8, 4) is 22.3 Å². The molecule has 388 valence electrons. The maximum atomic E-state index is 2.70. The largest absolute Gasteiger partial charge is 0.311 e. The second-order valence-electron chi connectivity index (χ2n) is 26.8. The van der Waals surface area contributed by atoms with E-state index in [-0.39, 0.29) is 33.8 Å². The molecule has 0 bridgehead atoms. The van der Waals surface area contributed by atoms with Crippen LogP contribution in [0.25, 0.3) is 22.3 Å². The highest BCUT2D eigenvalue weighted by Gasteiger charge is 2.49. The van der Waals surface area contributed by atoms with E-state index < -0.39 is 0 Å². The molecule has 0 radical (unpaired) electrons. The molecule has 0 fully saturated rings. The van der Waals surface area contributed by atoms with Crippen LogP contribution in [0.5, 0.6) is 0 Å². The Labute approximate surface area is 465 Å². The summed E-state index contributed by atoms with van der Waals surface area (Å²) < 4.78 is 0. The Hall–Kier alpha value is -7.56. The van der Waals surface area contributed by atoms with Crippen molar-refractivity contribution in [3.05, 3.63) is 228 Å². The minimum atomic E-state index is -0.0691. The SMILES string of the molecule is Cc1cc2c(cc1N1c3cc(-c4ccccc4)ccc3B3c4cc5c(cc4N(c4ccc(C(C)(C)C)cc4-c4ccccc4)c4cc(N(c6ccccc6)c6ccccc6)cc1c43)C(C)(C)CC5(C)C)C(C)(C)CCC2(C)C. The Morgan fingerprint density at radius 3 is 1.46 bits per heavy atom. The summed E-state index contributed by atoms with van der Waals surface area (Å²) in [4.78, 5) is 7.88. The molecule has 0 atom stereocenters. The highest BCUT2D eigenvalue weighted by Crippen LogP contribution is 2.56. The average Bonchev–Trinajstić information content (AvgIpc) is 3.33. The quantitative estimate of drug-likeness (QED) is 0.147. The number of aryl methyl sites for hydroxylation is 1. The first kappa shape index (κ1) is 50.0. The van der Waals surface area contributed by atoms with Gasteiger partial charge in [0.2, 0.25) is 0 Å². The Balaban J connectivity index is 1.21. The van der Waals surface area contributed by atoms with Gasteiger partial charge in [-0.1, -0.05) is 204 Å². The molecule has 13 rings (SSSR count). The monoisotopic (exact) mass is 1020 g/mol. The topological polar surface area (TPSA) is 9.72 Å². The summed E-state index contributed by atoms with van der Waals surface area (Å²) in [6, 6.07) is 74.4. The Morgan fingerprint density at radius 2 is 0.885 bits per heavy atom. The highest BCUT2D eigenvalue weighted by molar-refractivity contribution is 7.00. The van der Waals surface area contributed by atoms with Crippen LogP contribution in [-0.2, 0) is 27.1 Å². The predicted octanol–water partition coefficient (Wildman–Crippen LogP) is 18.5. The molecular formula is C74H74BN3. The minimum absolute atomic E-state index is 0.00277.